The third-order valence-corrected chi connectivity index (χ3v) is 4.04. The number of halogens is 4. The first-order valence-corrected chi connectivity index (χ1v) is 8.02. The molecule has 25 heavy (non-hydrogen) atoms. The summed E-state index contributed by atoms with van der Waals surface area (Å²) in [6.45, 7) is 4.37. The van der Waals surface area contributed by atoms with Gasteiger partial charge in [-0.1, -0.05) is 35.4 Å². The van der Waals surface area contributed by atoms with Crippen LogP contribution in [-0.4, -0.2) is 12.6 Å². The van der Waals surface area contributed by atoms with E-state index < -0.39 is 22.8 Å². The van der Waals surface area contributed by atoms with Crippen molar-refractivity contribution in [3.63, 3.8) is 0 Å². The molecular formula is C18H18ClF3N2O. The minimum absolute atomic E-state index is 0.0285. The van der Waals surface area contributed by atoms with E-state index in [1.807, 2.05) is 26.0 Å². The Labute approximate surface area is 149 Å². The van der Waals surface area contributed by atoms with E-state index in [1.54, 1.807) is 0 Å². The number of carbonyl (C=O) groups is 1. The highest BCUT2D eigenvalue weighted by molar-refractivity contribution is 6.31. The van der Waals surface area contributed by atoms with Gasteiger partial charge in [0.05, 0.1) is 10.6 Å². The molecule has 2 N–H and O–H groups in total. The van der Waals surface area contributed by atoms with E-state index in [2.05, 4.69) is 16.7 Å². The molecule has 0 saturated heterocycles. The second-order valence-electron chi connectivity index (χ2n) is 5.75. The average molecular weight is 371 g/mol. The number of anilines is 1. The Morgan fingerprint density at radius 1 is 1.12 bits per heavy atom. The maximum absolute atomic E-state index is 12.8. The number of rotatable bonds is 4. The molecule has 0 aliphatic carbocycles. The summed E-state index contributed by atoms with van der Waals surface area (Å²) in [6, 6.07) is 8.72. The summed E-state index contributed by atoms with van der Waals surface area (Å²) >= 11 is 5.55. The number of hydrogen-bond acceptors (Lipinski definition) is 1. The van der Waals surface area contributed by atoms with E-state index in [4.69, 9.17) is 11.6 Å². The zero-order valence-corrected chi connectivity index (χ0v) is 14.6. The quantitative estimate of drug-likeness (QED) is 0.749. The van der Waals surface area contributed by atoms with Gasteiger partial charge in [0.1, 0.15) is 0 Å². The number of alkyl halides is 3. The normalized spacial score (nSPS) is 11.3. The first-order chi connectivity index (χ1) is 11.7. The van der Waals surface area contributed by atoms with Crippen LogP contribution in [0.4, 0.5) is 23.7 Å². The Bertz CT molecular complexity index is 775. The molecule has 0 bridgehead atoms. The van der Waals surface area contributed by atoms with Crippen LogP contribution in [0, 0.1) is 13.8 Å². The molecule has 0 saturated carbocycles. The molecule has 2 rings (SSSR count). The number of aryl methyl sites for hydroxylation is 2. The van der Waals surface area contributed by atoms with Gasteiger partial charge in [-0.25, -0.2) is 4.79 Å². The molecule has 0 aromatic heterocycles. The zero-order chi connectivity index (χ0) is 18.6. The lowest BCUT2D eigenvalue weighted by molar-refractivity contribution is -0.137. The van der Waals surface area contributed by atoms with Crippen molar-refractivity contribution in [1.29, 1.82) is 0 Å². The van der Waals surface area contributed by atoms with Gasteiger partial charge in [-0.15, -0.1) is 0 Å². The van der Waals surface area contributed by atoms with Gasteiger partial charge in [0.25, 0.3) is 0 Å². The molecule has 2 aromatic rings. The largest absolute Gasteiger partial charge is 0.417 e. The number of benzene rings is 2. The van der Waals surface area contributed by atoms with Crippen molar-refractivity contribution in [1.82, 2.24) is 5.32 Å². The van der Waals surface area contributed by atoms with E-state index in [9.17, 15) is 18.0 Å². The van der Waals surface area contributed by atoms with Crippen molar-refractivity contribution in [2.45, 2.75) is 26.4 Å². The molecule has 3 nitrogen and oxygen atoms in total. The molecule has 0 unspecified atom stereocenters. The Kier molecular flexibility index (Phi) is 5.95. The third-order valence-electron chi connectivity index (χ3n) is 3.71. The van der Waals surface area contributed by atoms with Gasteiger partial charge < -0.3 is 10.6 Å². The molecule has 0 heterocycles. The zero-order valence-electron chi connectivity index (χ0n) is 13.8. The highest BCUT2D eigenvalue weighted by atomic mass is 35.5. The number of urea groups is 1. The highest BCUT2D eigenvalue weighted by Crippen LogP contribution is 2.36. The minimum Gasteiger partial charge on any atom is -0.338 e. The Hall–Kier alpha value is -2.21. The van der Waals surface area contributed by atoms with Crippen LogP contribution in [0.25, 0.3) is 0 Å². The predicted octanol–water partition coefficient (Wildman–Crippen LogP) is 5.34. The first-order valence-electron chi connectivity index (χ1n) is 7.64. The summed E-state index contributed by atoms with van der Waals surface area (Å²) in [5.41, 5.74) is 2.45. The van der Waals surface area contributed by atoms with E-state index in [1.165, 1.54) is 6.07 Å². The number of nitrogens with one attached hydrogen (secondary N) is 2. The standard InChI is InChI=1S/C18H18ClF3N2O/c1-11-3-4-13(12(2)9-11)7-8-23-17(25)24-14-5-6-16(19)15(10-14)18(20,21)22/h3-6,9-10H,7-8H2,1-2H3,(H2,23,24,25). The van der Waals surface area contributed by atoms with Gasteiger partial charge in [0.15, 0.2) is 0 Å². The lowest BCUT2D eigenvalue weighted by Crippen LogP contribution is -2.30. The fraction of sp³-hybridized carbons (Fsp3) is 0.278. The van der Waals surface area contributed by atoms with Gasteiger partial charge >= 0.3 is 12.2 Å². The SMILES string of the molecule is Cc1ccc(CCNC(=O)Nc2ccc(Cl)c(C(F)(F)F)c2)c(C)c1. The molecule has 0 aliphatic rings. The van der Waals surface area contributed by atoms with Crippen molar-refractivity contribution in [2.75, 3.05) is 11.9 Å². The topological polar surface area (TPSA) is 41.1 Å². The lowest BCUT2D eigenvalue weighted by Gasteiger charge is -2.12. The van der Waals surface area contributed by atoms with Gasteiger partial charge in [0.2, 0.25) is 0 Å². The summed E-state index contributed by atoms with van der Waals surface area (Å²) in [4.78, 5) is 11.9. The minimum atomic E-state index is -4.58. The number of amides is 2. The maximum Gasteiger partial charge on any atom is 0.417 e. The summed E-state index contributed by atoms with van der Waals surface area (Å²) in [5, 5.41) is 4.60. The lowest BCUT2D eigenvalue weighted by atomic mass is 10.0. The van der Waals surface area contributed by atoms with Crippen molar-refractivity contribution in [3.8, 4) is 0 Å². The summed E-state index contributed by atoms with van der Waals surface area (Å²) in [6.07, 6.45) is -3.94. The van der Waals surface area contributed by atoms with Crippen LogP contribution in [-0.2, 0) is 12.6 Å². The van der Waals surface area contributed by atoms with Crippen molar-refractivity contribution < 1.29 is 18.0 Å². The molecule has 0 fully saturated rings. The van der Waals surface area contributed by atoms with E-state index >= 15 is 0 Å². The number of carbonyl (C=O) groups excluding carboxylic acids is 1. The van der Waals surface area contributed by atoms with Crippen molar-refractivity contribution in [3.05, 3.63) is 63.7 Å². The molecule has 0 spiro atoms. The summed E-state index contributed by atoms with van der Waals surface area (Å²) in [7, 11) is 0. The Morgan fingerprint density at radius 2 is 1.84 bits per heavy atom. The average Bonchev–Trinajstić information content (AvgIpc) is 2.50. The summed E-state index contributed by atoms with van der Waals surface area (Å²) < 4.78 is 38.4. The van der Waals surface area contributed by atoms with Gasteiger partial charge in [-0.2, -0.15) is 13.2 Å². The fourth-order valence-corrected chi connectivity index (χ4v) is 2.66. The second kappa shape index (κ2) is 7.78. The van der Waals surface area contributed by atoms with Crippen LogP contribution in [0.15, 0.2) is 36.4 Å². The molecule has 134 valence electrons. The Morgan fingerprint density at radius 3 is 2.48 bits per heavy atom. The van der Waals surface area contributed by atoms with E-state index in [0.29, 0.717) is 13.0 Å². The van der Waals surface area contributed by atoms with Gasteiger partial charge in [-0.05, 0) is 49.6 Å². The fourth-order valence-electron chi connectivity index (χ4n) is 2.43. The molecule has 0 atom stereocenters. The predicted molar refractivity (Wildman–Crippen MR) is 93.1 cm³/mol. The van der Waals surface area contributed by atoms with Crippen molar-refractivity contribution >= 4 is 23.3 Å². The van der Waals surface area contributed by atoms with Crippen LogP contribution in [0.2, 0.25) is 5.02 Å². The molecule has 0 aliphatic heterocycles. The van der Waals surface area contributed by atoms with E-state index in [0.717, 1.165) is 28.8 Å². The van der Waals surface area contributed by atoms with Gasteiger partial charge in [-0.3, -0.25) is 0 Å². The van der Waals surface area contributed by atoms with Crippen LogP contribution >= 0.6 is 11.6 Å². The number of hydrogen-bond donors (Lipinski definition) is 2. The maximum atomic E-state index is 12.8. The first kappa shape index (κ1) is 19.1. The monoisotopic (exact) mass is 370 g/mol. The molecule has 0 radical (unpaired) electrons. The summed E-state index contributed by atoms with van der Waals surface area (Å²) in [5.74, 6) is 0. The van der Waals surface area contributed by atoms with E-state index in [-0.39, 0.29) is 5.69 Å². The van der Waals surface area contributed by atoms with Crippen LogP contribution in [0.5, 0.6) is 0 Å². The molecule has 7 heteroatoms. The molecule has 2 aromatic carbocycles. The second-order valence-corrected chi connectivity index (χ2v) is 6.16. The van der Waals surface area contributed by atoms with Crippen molar-refractivity contribution in [2.24, 2.45) is 0 Å². The molecule has 2 amide bonds. The van der Waals surface area contributed by atoms with Crippen LogP contribution in [0.3, 0.4) is 0 Å². The Balaban J connectivity index is 1.92. The highest BCUT2D eigenvalue weighted by Gasteiger charge is 2.33. The third kappa shape index (κ3) is 5.39. The van der Waals surface area contributed by atoms with Gasteiger partial charge in [0, 0.05) is 12.2 Å². The van der Waals surface area contributed by atoms with Crippen LogP contribution < -0.4 is 10.6 Å². The smallest absolute Gasteiger partial charge is 0.338 e. The molecular weight excluding hydrogens is 353 g/mol. The van der Waals surface area contributed by atoms with Crippen LogP contribution in [0.1, 0.15) is 22.3 Å².